The third-order valence-corrected chi connectivity index (χ3v) is 8.18. The lowest BCUT2D eigenvalue weighted by atomic mass is 9.97. The molecule has 4 rings (SSSR count). The van der Waals surface area contributed by atoms with Crippen LogP contribution in [0.2, 0.25) is 0 Å². The molecule has 0 saturated carbocycles. The second-order valence-corrected chi connectivity index (χ2v) is 10.3. The molecule has 2 aliphatic heterocycles. The Hall–Kier alpha value is -2.52. The van der Waals surface area contributed by atoms with Crippen LogP contribution < -0.4 is 0 Å². The van der Waals surface area contributed by atoms with Gasteiger partial charge in [0, 0.05) is 31.7 Å². The SMILES string of the molecule is Cc1noc(/C=C/c2ccccc2F)c1S(=O)(=O)N1CCC[C@@H](C(=O)N2CCCCC2)C1. The number of carbonyl (C=O) groups is 1. The number of halogens is 1. The summed E-state index contributed by atoms with van der Waals surface area (Å²) >= 11 is 0. The van der Waals surface area contributed by atoms with Crippen LogP contribution in [0.3, 0.4) is 0 Å². The first kappa shape index (κ1) is 22.7. The predicted octanol–water partition coefficient (Wildman–Crippen LogP) is 3.71. The number of hydrogen-bond donors (Lipinski definition) is 0. The van der Waals surface area contributed by atoms with Crippen molar-refractivity contribution >= 4 is 28.1 Å². The maximum Gasteiger partial charge on any atom is 0.248 e. The molecule has 1 aromatic heterocycles. The number of amides is 1. The molecular weight excluding hydrogens is 433 g/mol. The molecule has 0 N–H and O–H groups in total. The van der Waals surface area contributed by atoms with Crippen LogP contribution in [0.15, 0.2) is 33.7 Å². The Morgan fingerprint density at radius 3 is 2.62 bits per heavy atom. The molecule has 1 aromatic carbocycles. The molecule has 2 saturated heterocycles. The Labute approximate surface area is 187 Å². The molecule has 1 atom stereocenters. The van der Waals surface area contributed by atoms with E-state index in [0.29, 0.717) is 24.9 Å². The van der Waals surface area contributed by atoms with E-state index in [1.807, 2.05) is 4.90 Å². The fraction of sp³-hybridized carbons (Fsp3) is 0.478. The lowest BCUT2D eigenvalue weighted by Gasteiger charge is -2.35. The van der Waals surface area contributed by atoms with Crippen LogP contribution in [0, 0.1) is 18.7 Å². The quantitative estimate of drug-likeness (QED) is 0.678. The zero-order valence-electron chi connectivity index (χ0n) is 18.2. The highest BCUT2D eigenvalue weighted by Crippen LogP contribution is 2.30. The summed E-state index contributed by atoms with van der Waals surface area (Å²) in [5.41, 5.74) is 0.553. The molecule has 0 unspecified atom stereocenters. The first-order valence-electron chi connectivity index (χ1n) is 11.1. The molecule has 32 heavy (non-hydrogen) atoms. The number of rotatable bonds is 5. The number of benzene rings is 1. The standard InChI is InChI=1S/C23H28FN3O4S/c1-17-22(21(31-25-17)12-11-18-8-3-4-10-20(18)24)32(29,30)27-15-7-9-19(16-27)23(28)26-13-5-2-6-14-26/h3-4,8,10-12,19H,2,5-7,9,13-16H2,1H3/b12-11+/t19-/m1/s1. The van der Waals surface area contributed by atoms with Gasteiger partial charge in [-0.25, -0.2) is 12.8 Å². The summed E-state index contributed by atoms with van der Waals surface area (Å²) in [6.07, 6.45) is 7.32. The summed E-state index contributed by atoms with van der Waals surface area (Å²) in [5, 5.41) is 3.84. The fourth-order valence-electron chi connectivity index (χ4n) is 4.44. The van der Waals surface area contributed by atoms with Crippen molar-refractivity contribution in [2.75, 3.05) is 26.2 Å². The average molecular weight is 462 g/mol. The number of nitrogens with zero attached hydrogens (tertiary/aromatic N) is 3. The Bertz CT molecular complexity index is 1110. The number of hydrogen-bond acceptors (Lipinski definition) is 5. The molecule has 0 bridgehead atoms. The summed E-state index contributed by atoms with van der Waals surface area (Å²) in [6, 6.07) is 6.19. The van der Waals surface area contributed by atoms with Crippen LogP contribution >= 0.6 is 0 Å². The van der Waals surface area contributed by atoms with Gasteiger partial charge in [0.25, 0.3) is 0 Å². The van der Waals surface area contributed by atoms with Gasteiger partial charge in [0.2, 0.25) is 15.9 Å². The Balaban J connectivity index is 1.56. The largest absolute Gasteiger partial charge is 0.355 e. The maximum atomic E-state index is 13.9. The summed E-state index contributed by atoms with van der Waals surface area (Å²) in [7, 11) is -3.93. The summed E-state index contributed by atoms with van der Waals surface area (Å²) in [6.45, 7) is 3.55. The number of carbonyl (C=O) groups excluding carboxylic acids is 1. The van der Waals surface area contributed by atoms with Crippen LogP contribution in [0.1, 0.15) is 49.1 Å². The van der Waals surface area contributed by atoms with E-state index in [2.05, 4.69) is 5.16 Å². The Morgan fingerprint density at radius 1 is 1.12 bits per heavy atom. The molecule has 2 aromatic rings. The Kier molecular flexibility index (Phi) is 6.76. The maximum absolute atomic E-state index is 13.9. The van der Waals surface area contributed by atoms with Gasteiger partial charge < -0.3 is 9.42 Å². The Morgan fingerprint density at radius 2 is 1.88 bits per heavy atom. The van der Waals surface area contributed by atoms with Gasteiger partial charge in [-0.1, -0.05) is 23.4 Å². The van der Waals surface area contributed by atoms with Crippen LogP contribution in [0.25, 0.3) is 12.2 Å². The first-order chi connectivity index (χ1) is 15.4. The van der Waals surface area contributed by atoms with E-state index in [4.69, 9.17) is 4.52 Å². The van der Waals surface area contributed by atoms with E-state index < -0.39 is 15.8 Å². The summed E-state index contributed by atoms with van der Waals surface area (Å²) in [4.78, 5) is 14.8. The molecular formula is C23H28FN3O4S. The highest BCUT2D eigenvalue weighted by Gasteiger charge is 2.38. The molecule has 2 aliphatic rings. The van der Waals surface area contributed by atoms with Crippen molar-refractivity contribution in [3.05, 3.63) is 47.1 Å². The second-order valence-electron chi connectivity index (χ2n) is 8.40. The summed E-state index contributed by atoms with van der Waals surface area (Å²) < 4.78 is 47.6. The van der Waals surface area contributed by atoms with Gasteiger partial charge in [0.05, 0.1) is 5.92 Å². The van der Waals surface area contributed by atoms with Crippen LogP contribution in [-0.2, 0) is 14.8 Å². The zero-order valence-corrected chi connectivity index (χ0v) is 19.0. The topological polar surface area (TPSA) is 83.7 Å². The lowest BCUT2D eigenvalue weighted by molar-refractivity contribution is -0.137. The minimum absolute atomic E-state index is 0.0313. The van der Waals surface area contributed by atoms with Crippen molar-refractivity contribution in [1.29, 1.82) is 0 Å². The van der Waals surface area contributed by atoms with E-state index in [1.54, 1.807) is 25.1 Å². The number of aryl methyl sites for hydroxylation is 1. The molecule has 172 valence electrons. The highest BCUT2D eigenvalue weighted by atomic mass is 32.2. The number of likely N-dealkylation sites (tertiary alicyclic amines) is 1. The van der Waals surface area contributed by atoms with E-state index in [-0.39, 0.29) is 34.7 Å². The van der Waals surface area contributed by atoms with E-state index >= 15 is 0 Å². The number of sulfonamides is 1. The van der Waals surface area contributed by atoms with Crippen LogP contribution in [0.4, 0.5) is 4.39 Å². The average Bonchev–Trinajstić information content (AvgIpc) is 3.20. The molecule has 7 nitrogen and oxygen atoms in total. The lowest BCUT2D eigenvalue weighted by Crippen LogP contribution is -2.48. The number of aromatic nitrogens is 1. The van der Waals surface area contributed by atoms with E-state index in [0.717, 1.165) is 32.4 Å². The zero-order chi connectivity index (χ0) is 22.7. The monoisotopic (exact) mass is 461 g/mol. The van der Waals surface area contributed by atoms with Crippen molar-refractivity contribution in [2.45, 2.75) is 43.9 Å². The fourth-order valence-corrected chi connectivity index (χ4v) is 6.21. The first-order valence-corrected chi connectivity index (χ1v) is 12.5. The van der Waals surface area contributed by atoms with Crippen molar-refractivity contribution in [3.8, 4) is 0 Å². The third kappa shape index (κ3) is 4.63. The number of piperidine rings is 2. The minimum atomic E-state index is -3.93. The third-order valence-electron chi connectivity index (χ3n) is 6.15. The molecule has 2 fully saturated rings. The normalized spacial score (nSPS) is 20.7. The van der Waals surface area contributed by atoms with Gasteiger partial charge in [0.15, 0.2) is 10.7 Å². The van der Waals surface area contributed by atoms with E-state index in [9.17, 15) is 17.6 Å². The van der Waals surface area contributed by atoms with Crippen LogP contribution in [-0.4, -0.2) is 54.9 Å². The van der Waals surface area contributed by atoms with Gasteiger partial charge >= 0.3 is 0 Å². The van der Waals surface area contributed by atoms with Crippen molar-refractivity contribution < 1.29 is 22.1 Å². The smallest absolute Gasteiger partial charge is 0.248 e. The van der Waals surface area contributed by atoms with Gasteiger partial charge in [0.1, 0.15) is 11.5 Å². The van der Waals surface area contributed by atoms with Crippen molar-refractivity contribution in [2.24, 2.45) is 5.92 Å². The molecule has 0 aliphatic carbocycles. The molecule has 9 heteroatoms. The predicted molar refractivity (Wildman–Crippen MR) is 118 cm³/mol. The molecule has 1 amide bonds. The molecule has 0 radical (unpaired) electrons. The van der Waals surface area contributed by atoms with Crippen molar-refractivity contribution in [3.63, 3.8) is 0 Å². The van der Waals surface area contributed by atoms with Gasteiger partial charge in [-0.15, -0.1) is 0 Å². The van der Waals surface area contributed by atoms with Crippen LogP contribution in [0.5, 0.6) is 0 Å². The second kappa shape index (κ2) is 9.54. The van der Waals surface area contributed by atoms with Crippen molar-refractivity contribution in [1.82, 2.24) is 14.4 Å². The van der Waals surface area contributed by atoms with Gasteiger partial charge in [-0.05, 0) is 57.2 Å². The molecule has 0 spiro atoms. The minimum Gasteiger partial charge on any atom is -0.355 e. The van der Waals surface area contributed by atoms with E-state index in [1.165, 1.54) is 22.5 Å². The summed E-state index contributed by atoms with van der Waals surface area (Å²) in [5.74, 6) is -0.657. The molecule has 3 heterocycles. The highest BCUT2D eigenvalue weighted by molar-refractivity contribution is 7.89. The van der Waals surface area contributed by atoms with Gasteiger partial charge in [-0.3, -0.25) is 4.79 Å². The van der Waals surface area contributed by atoms with Gasteiger partial charge in [-0.2, -0.15) is 4.31 Å².